The van der Waals surface area contributed by atoms with Crippen molar-refractivity contribution in [2.75, 3.05) is 19.5 Å². The molecular weight excluding hydrogens is 282 g/mol. The second-order valence-corrected chi connectivity index (χ2v) is 4.30. The first-order valence-electron chi connectivity index (χ1n) is 6.54. The van der Waals surface area contributed by atoms with Crippen molar-refractivity contribution in [2.24, 2.45) is 0 Å². The molecule has 0 atom stereocenters. The van der Waals surface area contributed by atoms with Gasteiger partial charge in [0.25, 0.3) is 0 Å². The Hall–Kier alpha value is -2.82. The van der Waals surface area contributed by atoms with Gasteiger partial charge in [-0.1, -0.05) is 25.3 Å². The largest absolute Gasteiger partial charge is 0.497 e. The number of carbonyl (C=O) groups is 2. The molecule has 0 unspecified atom stereocenters. The predicted octanol–water partition coefficient (Wildman–Crippen LogP) is 2.90. The van der Waals surface area contributed by atoms with Crippen LogP contribution in [0.2, 0.25) is 0 Å². The van der Waals surface area contributed by atoms with Crippen LogP contribution in [0, 0.1) is 0 Å². The molecule has 0 bridgehead atoms. The van der Waals surface area contributed by atoms with Crippen molar-refractivity contribution in [1.29, 1.82) is 0 Å². The van der Waals surface area contributed by atoms with Gasteiger partial charge in [-0.15, -0.1) is 0 Å². The van der Waals surface area contributed by atoms with Crippen LogP contribution >= 0.6 is 0 Å². The average molecular weight is 301 g/mol. The van der Waals surface area contributed by atoms with E-state index in [-0.39, 0.29) is 12.3 Å². The fourth-order valence-electron chi connectivity index (χ4n) is 1.83. The normalized spacial score (nSPS) is 11.0. The number of hydrogen-bond donors (Lipinski definition) is 1. The summed E-state index contributed by atoms with van der Waals surface area (Å²) in [4.78, 5) is 23.1. The van der Waals surface area contributed by atoms with Crippen LogP contribution in [-0.4, -0.2) is 26.4 Å². The SMILES string of the molecule is C=C/C(C=O)=C(\C=C)CC(=O)Nc1cc(OC)ccc1OC. The smallest absolute Gasteiger partial charge is 0.228 e. The van der Waals surface area contributed by atoms with E-state index in [1.165, 1.54) is 26.4 Å². The summed E-state index contributed by atoms with van der Waals surface area (Å²) in [7, 11) is 3.04. The molecule has 0 radical (unpaired) electrons. The zero-order valence-electron chi connectivity index (χ0n) is 12.7. The topological polar surface area (TPSA) is 64.6 Å². The van der Waals surface area contributed by atoms with Crippen molar-refractivity contribution in [2.45, 2.75) is 6.42 Å². The summed E-state index contributed by atoms with van der Waals surface area (Å²) in [5.41, 5.74) is 1.33. The molecule has 0 saturated heterocycles. The number of allylic oxidation sites excluding steroid dienone is 3. The van der Waals surface area contributed by atoms with E-state index in [0.29, 0.717) is 34.6 Å². The maximum atomic E-state index is 12.1. The summed E-state index contributed by atoms with van der Waals surface area (Å²) >= 11 is 0. The van der Waals surface area contributed by atoms with E-state index in [1.54, 1.807) is 18.2 Å². The number of amides is 1. The average Bonchev–Trinajstić information content (AvgIpc) is 2.54. The Morgan fingerprint density at radius 3 is 2.45 bits per heavy atom. The van der Waals surface area contributed by atoms with Gasteiger partial charge in [-0.05, 0) is 17.7 Å². The van der Waals surface area contributed by atoms with Crippen LogP contribution in [0.1, 0.15) is 6.42 Å². The van der Waals surface area contributed by atoms with Gasteiger partial charge >= 0.3 is 0 Å². The number of hydrogen-bond acceptors (Lipinski definition) is 4. The van der Waals surface area contributed by atoms with Crippen LogP contribution in [0.3, 0.4) is 0 Å². The molecule has 0 spiro atoms. The summed E-state index contributed by atoms with van der Waals surface area (Å²) < 4.78 is 10.3. The van der Waals surface area contributed by atoms with Crippen molar-refractivity contribution in [3.63, 3.8) is 0 Å². The lowest BCUT2D eigenvalue weighted by atomic mass is 10.1. The van der Waals surface area contributed by atoms with Gasteiger partial charge in [-0.2, -0.15) is 0 Å². The molecule has 5 heteroatoms. The zero-order chi connectivity index (χ0) is 16.5. The third kappa shape index (κ3) is 4.34. The lowest BCUT2D eigenvalue weighted by molar-refractivity contribution is -0.115. The van der Waals surface area contributed by atoms with E-state index in [0.717, 1.165) is 0 Å². The molecule has 22 heavy (non-hydrogen) atoms. The molecule has 1 aromatic rings. The van der Waals surface area contributed by atoms with Crippen molar-refractivity contribution < 1.29 is 19.1 Å². The number of methoxy groups -OCH3 is 2. The summed E-state index contributed by atoms with van der Waals surface area (Å²) in [5.74, 6) is 0.801. The number of nitrogens with one attached hydrogen (secondary N) is 1. The van der Waals surface area contributed by atoms with E-state index in [9.17, 15) is 9.59 Å². The highest BCUT2D eigenvalue weighted by atomic mass is 16.5. The molecule has 1 rings (SSSR count). The van der Waals surface area contributed by atoms with Gasteiger partial charge in [0.15, 0.2) is 0 Å². The predicted molar refractivity (Wildman–Crippen MR) is 86.3 cm³/mol. The molecule has 0 fully saturated rings. The summed E-state index contributed by atoms with van der Waals surface area (Å²) in [5, 5.41) is 2.73. The van der Waals surface area contributed by atoms with E-state index in [4.69, 9.17) is 9.47 Å². The van der Waals surface area contributed by atoms with Gasteiger partial charge in [0.1, 0.15) is 17.8 Å². The quantitative estimate of drug-likeness (QED) is 0.455. The highest BCUT2D eigenvalue weighted by molar-refractivity contribution is 5.95. The molecule has 116 valence electrons. The van der Waals surface area contributed by atoms with E-state index in [1.807, 2.05) is 0 Å². The molecule has 1 amide bonds. The number of ether oxygens (including phenoxy) is 2. The first-order chi connectivity index (χ1) is 10.6. The molecule has 0 aliphatic rings. The number of benzene rings is 1. The molecule has 0 heterocycles. The first kappa shape index (κ1) is 17.2. The zero-order valence-corrected chi connectivity index (χ0v) is 12.7. The highest BCUT2D eigenvalue weighted by Gasteiger charge is 2.11. The molecular formula is C17H19NO4. The summed E-state index contributed by atoms with van der Waals surface area (Å²) in [6.45, 7) is 7.15. The molecule has 5 nitrogen and oxygen atoms in total. The Bertz CT molecular complexity index is 607. The fourth-order valence-corrected chi connectivity index (χ4v) is 1.83. The third-order valence-electron chi connectivity index (χ3n) is 3.00. The number of carbonyl (C=O) groups excluding carboxylic acids is 2. The maximum Gasteiger partial charge on any atom is 0.228 e. The lowest BCUT2D eigenvalue weighted by Crippen LogP contribution is -2.13. The van der Waals surface area contributed by atoms with Gasteiger partial charge in [0.2, 0.25) is 5.91 Å². The Morgan fingerprint density at radius 1 is 1.23 bits per heavy atom. The van der Waals surface area contributed by atoms with Crippen LogP contribution in [0.5, 0.6) is 11.5 Å². The summed E-state index contributed by atoms with van der Waals surface area (Å²) in [6, 6.07) is 5.08. The Morgan fingerprint density at radius 2 is 1.95 bits per heavy atom. The highest BCUT2D eigenvalue weighted by Crippen LogP contribution is 2.29. The molecule has 0 aliphatic carbocycles. The van der Waals surface area contributed by atoms with E-state index >= 15 is 0 Å². The minimum atomic E-state index is -0.303. The molecule has 1 N–H and O–H groups in total. The molecule has 0 aromatic heterocycles. The second kappa shape index (κ2) is 8.46. The van der Waals surface area contributed by atoms with Crippen molar-refractivity contribution in [1.82, 2.24) is 0 Å². The van der Waals surface area contributed by atoms with E-state index in [2.05, 4.69) is 18.5 Å². The Balaban J connectivity index is 2.97. The molecule has 0 saturated carbocycles. The number of rotatable bonds is 8. The monoisotopic (exact) mass is 301 g/mol. The van der Waals surface area contributed by atoms with Gasteiger partial charge in [-0.3, -0.25) is 9.59 Å². The Kier molecular flexibility index (Phi) is 6.63. The lowest BCUT2D eigenvalue weighted by Gasteiger charge is -2.12. The van der Waals surface area contributed by atoms with Crippen LogP contribution in [0.4, 0.5) is 5.69 Å². The van der Waals surface area contributed by atoms with Gasteiger partial charge in [0, 0.05) is 11.6 Å². The van der Waals surface area contributed by atoms with Crippen molar-refractivity contribution in [3.05, 3.63) is 54.7 Å². The number of anilines is 1. The second-order valence-electron chi connectivity index (χ2n) is 4.30. The van der Waals surface area contributed by atoms with E-state index < -0.39 is 0 Å². The van der Waals surface area contributed by atoms with Crippen LogP contribution in [0.25, 0.3) is 0 Å². The van der Waals surface area contributed by atoms with Crippen LogP contribution in [-0.2, 0) is 9.59 Å². The minimum Gasteiger partial charge on any atom is -0.497 e. The standard InChI is InChI=1S/C17H19NO4/c1-5-12(13(6-2)11-19)9-17(20)18-15-10-14(21-3)7-8-16(15)22-4/h5-8,10-11H,1-2,9H2,3-4H3,(H,18,20)/b13-12-. The molecule has 1 aromatic carbocycles. The van der Waals surface area contributed by atoms with Gasteiger partial charge in [0.05, 0.1) is 26.3 Å². The van der Waals surface area contributed by atoms with Crippen molar-refractivity contribution in [3.8, 4) is 11.5 Å². The van der Waals surface area contributed by atoms with Gasteiger partial charge < -0.3 is 14.8 Å². The van der Waals surface area contributed by atoms with Crippen molar-refractivity contribution >= 4 is 17.9 Å². The van der Waals surface area contributed by atoms with Gasteiger partial charge in [-0.25, -0.2) is 0 Å². The first-order valence-corrected chi connectivity index (χ1v) is 6.54. The summed E-state index contributed by atoms with van der Waals surface area (Å²) in [6.07, 6.45) is 3.50. The number of aldehydes is 1. The Labute approximate surface area is 129 Å². The third-order valence-corrected chi connectivity index (χ3v) is 3.00. The van der Waals surface area contributed by atoms with Crippen LogP contribution < -0.4 is 14.8 Å². The fraction of sp³-hybridized carbons (Fsp3) is 0.176. The molecule has 0 aliphatic heterocycles. The maximum absolute atomic E-state index is 12.1. The minimum absolute atomic E-state index is 0.00393. The van der Waals surface area contributed by atoms with Crippen LogP contribution in [0.15, 0.2) is 54.7 Å².